The molecule has 13 atom stereocenters. The molecular weight excluding hydrogens is 1570 g/mol. The van der Waals surface area contributed by atoms with Crippen LogP contribution in [0.5, 0.6) is 0 Å². The SMILES string of the molecule is C1=NNC(c2ccccc2)C1.C1=NNC(c2ccccn2)C1.C1=NNC(c2cccnc2)C1.C1=NNC(c2ccco2)C1.C1=NNC(c2cccs2)C1.C1=NNC(c2ccncc2)C1.C1=NNC(c2ccoc2)C1.C1=NNC(c2ccsc2)C1.CC(C)C1=NNC(c2ccccc2)C1.CC1=NNCC1(C)C.CCC1C=NNC1C.CCC1NN=CC1C. The molecule has 21 rings (SSSR count). The molecule has 0 amide bonds. The summed E-state index contributed by atoms with van der Waals surface area (Å²) in [5.74, 6) is 2.80. The summed E-state index contributed by atoms with van der Waals surface area (Å²) in [5.41, 5.74) is 47.6. The summed E-state index contributed by atoms with van der Waals surface area (Å²) in [6, 6.07) is 51.3. The van der Waals surface area contributed by atoms with Crippen LogP contribution in [0.2, 0.25) is 0 Å². The maximum absolute atomic E-state index is 5.17. The summed E-state index contributed by atoms with van der Waals surface area (Å²) in [6.07, 6.45) is 44.5. The number of thiophene rings is 2. The van der Waals surface area contributed by atoms with Crippen molar-refractivity contribution in [1.82, 2.24) is 80.1 Å². The number of hydrogen-bond donors (Lipinski definition) is 12. The third-order valence-electron chi connectivity index (χ3n) is 21.1. The van der Waals surface area contributed by atoms with Crippen LogP contribution in [-0.4, -0.2) is 107 Å². The number of benzene rings is 2. The number of aromatic nitrogens is 3. The lowest BCUT2D eigenvalue weighted by Crippen LogP contribution is -2.24. The number of nitrogens with one attached hydrogen (secondary N) is 12. The van der Waals surface area contributed by atoms with Gasteiger partial charge < -0.3 is 68.5 Å². The zero-order chi connectivity index (χ0) is 85.5. The van der Waals surface area contributed by atoms with Crippen LogP contribution in [0, 0.1) is 23.2 Å². The van der Waals surface area contributed by atoms with Gasteiger partial charge in [-0.1, -0.05) is 127 Å². The Bertz CT molecular complexity index is 4180. The highest BCUT2D eigenvalue weighted by molar-refractivity contribution is 7.10. The number of pyridine rings is 3. The van der Waals surface area contributed by atoms with E-state index < -0.39 is 0 Å². The average molecular weight is 1690 g/mol. The van der Waals surface area contributed by atoms with Crippen LogP contribution in [-0.2, 0) is 0 Å². The van der Waals surface area contributed by atoms with Crippen molar-refractivity contribution < 1.29 is 8.83 Å². The maximum atomic E-state index is 5.17. The van der Waals surface area contributed by atoms with Crippen molar-refractivity contribution in [2.45, 2.75) is 199 Å². The molecule has 29 nitrogen and oxygen atoms in total. The van der Waals surface area contributed by atoms with Crippen LogP contribution in [0.25, 0.3) is 0 Å². The molecule has 19 heterocycles. The Morgan fingerprint density at radius 3 is 1.40 bits per heavy atom. The minimum absolute atomic E-state index is 0.259. The van der Waals surface area contributed by atoms with Crippen LogP contribution in [0.3, 0.4) is 0 Å². The Morgan fingerprint density at radius 2 is 0.992 bits per heavy atom. The first kappa shape index (κ1) is 91.8. The van der Waals surface area contributed by atoms with Gasteiger partial charge in [0.05, 0.1) is 78.9 Å². The molecular formula is C91H121N27O2S2. The maximum Gasteiger partial charge on any atom is 0.127 e. The summed E-state index contributed by atoms with van der Waals surface area (Å²) in [6.45, 7) is 20.5. The van der Waals surface area contributed by atoms with Gasteiger partial charge in [-0.05, 0) is 137 Å². The normalized spacial score (nSPS) is 24.0. The largest absolute Gasteiger partial charge is 0.472 e. The topological polar surface area (TPSA) is 358 Å². The average Bonchev–Trinajstić information content (AvgIpc) is 1.71. The van der Waals surface area contributed by atoms with Crippen molar-refractivity contribution in [3.63, 3.8) is 0 Å². The highest BCUT2D eigenvalue weighted by atomic mass is 32.1. The quantitative estimate of drug-likeness (QED) is 0.0540. The molecule has 0 bridgehead atoms. The first-order valence-corrected chi connectivity index (χ1v) is 43.9. The first-order valence-electron chi connectivity index (χ1n) is 42.1. The molecule has 0 saturated carbocycles. The fourth-order valence-corrected chi connectivity index (χ4v) is 14.5. The third-order valence-corrected chi connectivity index (χ3v) is 22.8. The Hall–Kier alpha value is -12.5. The Morgan fingerprint density at radius 1 is 0.443 bits per heavy atom. The number of hydrazone groups is 12. The van der Waals surface area contributed by atoms with Gasteiger partial charge in [0.25, 0.3) is 0 Å². The molecule has 12 aliphatic rings. The fraction of sp³-hybridized carbons (Fsp3) is 0.396. The molecule has 122 heavy (non-hydrogen) atoms. The van der Waals surface area contributed by atoms with Crippen LogP contribution in [0.15, 0.2) is 275 Å². The lowest BCUT2D eigenvalue weighted by molar-refractivity contribution is 0.440. The lowest BCUT2D eigenvalue weighted by Gasteiger charge is -2.14. The van der Waals surface area contributed by atoms with Gasteiger partial charge in [-0.3, -0.25) is 20.4 Å². The van der Waals surface area contributed by atoms with Gasteiger partial charge in [0, 0.05) is 203 Å². The van der Waals surface area contributed by atoms with Gasteiger partial charge in [0.15, 0.2) is 0 Å². The van der Waals surface area contributed by atoms with E-state index in [1.165, 1.54) is 57.0 Å². The molecule has 13 unspecified atom stereocenters. The zero-order valence-electron chi connectivity index (χ0n) is 71.3. The monoisotopic (exact) mass is 1690 g/mol. The van der Waals surface area contributed by atoms with Crippen molar-refractivity contribution in [3.05, 3.63) is 255 Å². The van der Waals surface area contributed by atoms with E-state index in [9.17, 15) is 0 Å². The molecule has 12 N–H and O–H groups in total. The minimum Gasteiger partial charge on any atom is -0.472 e. The molecule has 12 aliphatic heterocycles. The standard InChI is InChI=1S/C12H16N2.C9H10N2.3C8H9N3.2C7H8N2O.2C7H8N2S.3C6H12N2/c1-9(2)11-8-12(14-13-11)10-6-4-3-5-7-10;1-2-4-8(5-3-1)9-6-7-10-11-9;1-4-9-5-2-7(1)8-3-6-10-11-8;1-2-7(6-9-4-1)8-3-5-10-11-8;1-2-5-9-7(3-1)8-4-6-10-11-8;1-3-8-9-7(1)6-2-4-10-5-6;1-2-7(10-5-1)6-3-4-8-9-6;1-3-8-9-7(1)6-2-4-10-5-6;1-2-7(10-5-1)6-3-4-8-9-6;1-5-6(2,3)4-7-8-5;1-3-6-4-7-8-5(6)2;1-3-6-5(2)4-7-8-6/h3-7,9,12,14H,8H2,1-2H3;1-5,7,9,11H,6H2;2*1-2,4-6,8,11H,3H2;1-3,5-6,8,11H,4H2;2-5,7,9H,1H2;1-2,4-6,9H,3H2;2-5,7,9H,1H2;1-2,4-6,9H,3H2;7H,4H2,1-3H3;2*4-6,8H,3H2,1-2H3. The summed E-state index contributed by atoms with van der Waals surface area (Å²) < 4.78 is 10.1. The van der Waals surface area contributed by atoms with Crippen molar-refractivity contribution in [3.8, 4) is 0 Å². The van der Waals surface area contributed by atoms with Gasteiger partial charge in [-0.25, -0.2) is 0 Å². The second-order valence-corrected chi connectivity index (χ2v) is 32.5. The smallest absolute Gasteiger partial charge is 0.127 e. The molecule has 0 fully saturated rings. The summed E-state index contributed by atoms with van der Waals surface area (Å²) in [4.78, 5) is 13.6. The molecule has 31 heteroatoms. The number of nitrogens with zero attached hydrogens (tertiary/aromatic N) is 15. The summed E-state index contributed by atoms with van der Waals surface area (Å²) >= 11 is 3.51. The van der Waals surface area contributed by atoms with E-state index >= 15 is 0 Å². The molecule has 2 aromatic carbocycles. The van der Waals surface area contributed by atoms with E-state index in [0.717, 1.165) is 81.3 Å². The van der Waals surface area contributed by atoms with Gasteiger partial charge >= 0.3 is 0 Å². The number of rotatable bonds is 12. The highest BCUT2D eigenvalue weighted by Gasteiger charge is 2.27. The Kier molecular flexibility index (Phi) is 39.0. The molecule has 0 saturated heterocycles. The number of hydrogen-bond acceptors (Lipinski definition) is 31. The van der Waals surface area contributed by atoms with E-state index in [2.05, 4.69) is 293 Å². The van der Waals surface area contributed by atoms with Crippen molar-refractivity contribution in [1.29, 1.82) is 0 Å². The molecule has 0 aliphatic carbocycles. The lowest BCUT2D eigenvalue weighted by atomic mass is 9.90. The summed E-state index contributed by atoms with van der Waals surface area (Å²) in [7, 11) is 0. The van der Waals surface area contributed by atoms with Gasteiger partial charge in [-0.2, -0.15) is 72.6 Å². The van der Waals surface area contributed by atoms with Crippen LogP contribution < -0.4 is 65.1 Å². The second-order valence-electron chi connectivity index (χ2n) is 30.7. The van der Waals surface area contributed by atoms with Crippen molar-refractivity contribution >= 4 is 96.2 Å². The molecule has 7 aromatic heterocycles. The van der Waals surface area contributed by atoms with E-state index in [1.54, 1.807) is 66.3 Å². The third kappa shape index (κ3) is 31.3. The Labute approximate surface area is 726 Å². The number of furan rings is 2. The minimum atomic E-state index is 0.259. The van der Waals surface area contributed by atoms with Gasteiger partial charge in [0.1, 0.15) is 11.8 Å². The van der Waals surface area contributed by atoms with Crippen molar-refractivity contribution in [2.75, 3.05) is 6.54 Å². The van der Waals surface area contributed by atoms with Crippen molar-refractivity contribution in [2.24, 2.45) is 84.4 Å². The molecule has 9 aromatic rings. The van der Waals surface area contributed by atoms with E-state index in [4.69, 9.17) is 8.83 Å². The van der Waals surface area contributed by atoms with Crippen LogP contribution >= 0.6 is 22.7 Å². The summed E-state index contributed by atoms with van der Waals surface area (Å²) in [5, 5.41) is 54.1. The highest BCUT2D eigenvalue weighted by Crippen LogP contribution is 2.28. The molecule has 0 radical (unpaired) electrons. The molecule has 0 spiro atoms. The van der Waals surface area contributed by atoms with E-state index in [1.807, 2.05) is 135 Å². The second kappa shape index (κ2) is 51.8. The van der Waals surface area contributed by atoms with E-state index in [0.29, 0.717) is 77.5 Å². The predicted molar refractivity (Wildman–Crippen MR) is 501 cm³/mol. The van der Waals surface area contributed by atoms with Gasteiger partial charge in [0.2, 0.25) is 0 Å². The zero-order valence-corrected chi connectivity index (χ0v) is 72.9. The van der Waals surface area contributed by atoms with Crippen LogP contribution in [0.4, 0.5) is 0 Å². The predicted octanol–water partition coefficient (Wildman–Crippen LogP) is 16.9. The fourth-order valence-electron chi connectivity index (χ4n) is 13.0. The van der Waals surface area contributed by atoms with E-state index in [-0.39, 0.29) is 12.1 Å². The molecule has 644 valence electrons. The Balaban J connectivity index is 0.000000140. The first-order chi connectivity index (χ1) is 59.8. The van der Waals surface area contributed by atoms with Crippen LogP contribution in [0.1, 0.15) is 237 Å². The van der Waals surface area contributed by atoms with Gasteiger partial charge in [-0.15, -0.1) is 11.3 Å².